The van der Waals surface area contributed by atoms with Crippen LogP contribution in [0.3, 0.4) is 0 Å². The lowest BCUT2D eigenvalue weighted by Gasteiger charge is -2.23. The van der Waals surface area contributed by atoms with E-state index in [-0.39, 0.29) is 18.0 Å². The maximum absolute atomic E-state index is 12.5. The van der Waals surface area contributed by atoms with E-state index in [0.29, 0.717) is 12.1 Å². The van der Waals surface area contributed by atoms with Crippen molar-refractivity contribution < 1.29 is 36.2 Å². The van der Waals surface area contributed by atoms with Crippen molar-refractivity contribution in [1.82, 2.24) is 0 Å². The first-order valence-corrected chi connectivity index (χ1v) is 5.24. The zero-order valence-electron chi connectivity index (χ0n) is 10.5. The van der Waals surface area contributed by atoms with Crippen LogP contribution in [-0.2, 0) is 6.18 Å². The molecule has 0 aliphatic carbocycles. The number of rotatable bonds is 3. The number of alkyl halides is 6. The van der Waals surface area contributed by atoms with Gasteiger partial charge in [-0.3, -0.25) is 0 Å². The van der Waals surface area contributed by atoms with Gasteiger partial charge in [-0.25, -0.2) is 0 Å². The minimum atomic E-state index is -4.99. The molecule has 10 heteroatoms. The summed E-state index contributed by atoms with van der Waals surface area (Å²) < 4.78 is 79.0. The fraction of sp³-hybridized carbons (Fsp3) is 0.455. The number of aliphatic hydroxyl groups excluding tert-OH is 1. The summed E-state index contributed by atoms with van der Waals surface area (Å²) in [6.45, 7) is 0. The standard InChI is InChI=1S/C11H11F6NO2.ClH/c1-20-7-4-5(10(12,13)14)2-3-6(7)8(18)9(19)11(15,16)17;/h2-4,8-9,19H,18H2,1H3;1H/t8-,9-;/m1./s1. The maximum Gasteiger partial charge on any atom is 0.416 e. The van der Waals surface area contributed by atoms with Crippen molar-refractivity contribution >= 4 is 12.4 Å². The van der Waals surface area contributed by atoms with Crippen molar-refractivity contribution in [3.63, 3.8) is 0 Å². The summed E-state index contributed by atoms with van der Waals surface area (Å²) >= 11 is 0. The van der Waals surface area contributed by atoms with Crippen LogP contribution in [0.15, 0.2) is 18.2 Å². The van der Waals surface area contributed by atoms with Gasteiger partial charge in [0.05, 0.1) is 18.7 Å². The Kier molecular flexibility index (Phi) is 6.33. The van der Waals surface area contributed by atoms with Crippen molar-refractivity contribution in [2.75, 3.05) is 7.11 Å². The Morgan fingerprint density at radius 2 is 1.67 bits per heavy atom. The van der Waals surface area contributed by atoms with Crippen molar-refractivity contribution in [2.45, 2.75) is 24.5 Å². The summed E-state index contributed by atoms with van der Waals surface area (Å²) in [7, 11) is 0.992. The third-order valence-corrected chi connectivity index (χ3v) is 2.60. The van der Waals surface area contributed by atoms with E-state index in [1.54, 1.807) is 0 Å². The molecule has 0 aliphatic rings. The number of aliphatic hydroxyl groups is 1. The first-order valence-electron chi connectivity index (χ1n) is 5.24. The summed E-state index contributed by atoms with van der Waals surface area (Å²) in [5.41, 5.74) is 3.77. The number of hydrogen-bond donors (Lipinski definition) is 2. The van der Waals surface area contributed by atoms with Gasteiger partial charge >= 0.3 is 12.4 Å². The van der Waals surface area contributed by atoms with Gasteiger partial charge in [-0.1, -0.05) is 6.07 Å². The van der Waals surface area contributed by atoms with Crippen LogP contribution >= 0.6 is 12.4 Å². The van der Waals surface area contributed by atoms with Gasteiger partial charge in [0.2, 0.25) is 0 Å². The molecule has 3 nitrogen and oxygen atoms in total. The number of methoxy groups -OCH3 is 1. The minimum Gasteiger partial charge on any atom is -0.496 e. The van der Waals surface area contributed by atoms with Crippen LogP contribution in [0, 0.1) is 0 Å². The lowest BCUT2D eigenvalue weighted by Crippen LogP contribution is -2.39. The zero-order chi connectivity index (χ0) is 15.7. The predicted octanol–water partition coefficient (Wildman–Crippen LogP) is 3.06. The molecule has 1 rings (SSSR count). The summed E-state index contributed by atoms with van der Waals surface area (Å²) in [6.07, 6.45) is -12.6. The topological polar surface area (TPSA) is 55.5 Å². The van der Waals surface area contributed by atoms with Gasteiger partial charge in [-0.15, -0.1) is 12.4 Å². The van der Waals surface area contributed by atoms with Crippen molar-refractivity contribution in [3.05, 3.63) is 29.3 Å². The molecule has 0 bridgehead atoms. The van der Waals surface area contributed by atoms with Crippen LogP contribution in [0.1, 0.15) is 17.2 Å². The minimum absolute atomic E-state index is 0. The van der Waals surface area contributed by atoms with E-state index < -0.39 is 35.8 Å². The van der Waals surface area contributed by atoms with E-state index in [2.05, 4.69) is 4.74 Å². The Labute approximate surface area is 122 Å². The molecule has 0 spiro atoms. The third-order valence-electron chi connectivity index (χ3n) is 2.60. The molecule has 0 saturated carbocycles. The second kappa shape index (κ2) is 6.71. The molecule has 0 unspecified atom stereocenters. The molecular weight excluding hydrogens is 328 g/mol. The molecule has 2 atom stereocenters. The third kappa shape index (κ3) is 4.65. The molecular formula is C11H12ClF6NO2. The van der Waals surface area contributed by atoms with Gasteiger partial charge in [-0.05, 0) is 12.1 Å². The van der Waals surface area contributed by atoms with Crippen LogP contribution in [0.4, 0.5) is 26.3 Å². The largest absolute Gasteiger partial charge is 0.496 e. The van der Waals surface area contributed by atoms with Crippen LogP contribution < -0.4 is 10.5 Å². The van der Waals surface area contributed by atoms with Gasteiger partial charge < -0.3 is 15.6 Å². The van der Waals surface area contributed by atoms with E-state index >= 15 is 0 Å². The summed E-state index contributed by atoms with van der Waals surface area (Å²) in [4.78, 5) is 0. The van der Waals surface area contributed by atoms with Gasteiger partial charge in [-0.2, -0.15) is 26.3 Å². The fourth-order valence-electron chi connectivity index (χ4n) is 1.54. The Morgan fingerprint density at radius 3 is 2.05 bits per heavy atom. The Morgan fingerprint density at radius 1 is 1.14 bits per heavy atom. The molecule has 122 valence electrons. The molecule has 0 aliphatic heterocycles. The Bertz CT molecular complexity index is 477. The lowest BCUT2D eigenvalue weighted by atomic mass is 9.99. The highest BCUT2D eigenvalue weighted by molar-refractivity contribution is 5.85. The number of nitrogens with two attached hydrogens (primary N) is 1. The van der Waals surface area contributed by atoms with E-state index in [9.17, 15) is 26.3 Å². The predicted molar refractivity (Wildman–Crippen MR) is 64.2 cm³/mol. The second-order valence-corrected chi connectivity index (χ2v) is 3.97. The second-order valence-electron chi connectivity index (χ2n) is 3.97. The number of hydrogen-bond acceptors (Lipinski definition) is 3. The molecule has 3 N–H and O–H groups in total. The molecule has 0 heterocycles. The van der Waals surface area contributed by atoms with Crippen LogP contribution in [0.5, 0.6) is 5.75 Å². The van der Waals surface area contributed by atoms with Crippen molar-refractivity contribution in [1.29, 1.82) is 0 Å². The zero-order valence-corrected chi connectivity index (χ0v) is 11.3. The molecule has 1 aromatic rings. The number of benzene rings is 1. The van der Waals surface area contributed by atoms with E-state index in [4.69, 9.17) is 10.8 Å². The Hall–Kier alpha value is -1.19. The fourth-order valence-corrected chi connectivity index (χ4v) is 1.54. The van der Waals surface area contributed by atoms with Crippen molar-refractivity contribution in [3.8, 4) is 5.75 Å². The quantitative estimate of drug-likeness (QED) is 0.832. The van der Waals surface area contributed by atoms with Crippen LogP contribution in [-0.4, -0.2) is 24.5 Å². The SMILES string of the molecule is COc1cc(C(F)(F)F)ccc1[C@@H](N)[C@@H](O)C(F)(F)F.Cl. The summed E-state index contributed by atoms with van der Waals surface area (Å²) in [6, 6.07) is -0.104. The Balaban J connectivity index is 0.00000400. The smallest absolute Gasteiger partial charge is 0.416 e. The molecule has 0 fully saturated rings. The average Bonchev–Trinajstić information content (AvgIpc) is 2.34. The number of halogens is 7. The molecule has 0 radical (unpaired) electrons. The van der Waals surface area contributed by atoms with Gasteiger partial charge in [0, 0.05) is 5.56 Å². The number of ether oxygens (including phenoxy) is 1. The highest BCUT2D eigenvalue weighted by atomic mass is 35.5. The van der Waals surface area contributed by atoms with E-state index in [1.807, 2.05) is 0 Å². The molecule has 0 saturated heterocycles. The molecule has 0 aromatic heterocycles. The molecule has 1 aromatic carbocycles. The van der Waals surface area contributed by atoms with Crippen molar-refractivity contribution in [2.24, 2.45) is 5.73 Å². The van der Waals surface area contributed by atoms with E-state index in [1.165, 1.54) is 0 Å². The molecule has 21 heavy (non-hydrogen) atoms. The monoisotopic (exact) mass is 339 g/mol. The summed E-state index contributed by atoms with van der Waals surface area (Å²) in [5.74, 6) is -0.476. The van der Waals surface area contributed by atoms with Gasteiger partial charge in [0.1, 0.15) is 5.75 Å². The maximum atomic E-state index is 12.5. The summed E-state index contributed by atoms with van der Waals surface area (Å²) in [5, 5.41) is 9.03. The highest BCUT2D eigenvalue weighted by Gasteiger charge is 2.43. The average molecular weight is 340 g/mol. The van der Waals surface area contributed by atoms with Crippen LogP contribution in [0.2, 0.25) is 0 Å². The van der Waals surface area contributed by atoms with E-state index in [0.717, 1.165) is 13.2 Å². The first kappa shape index (κ1) is 19.8. The normalized spacial score (nSPS) is 15.1. The first-order chi connectivity index (χ1) is 8.98. The van der Waals surface area contributed by atoms with Crippen LogP contribution in [0.25, 0.3) is 0 Å². The van der Waals surface area contributed by atoms with Gasteiger partial charge in [0.25, 0.3) is 0 Å². The molecule has 0 amide bonds. The highest BCUT2D eigenvalue weighted by Crippen LogP contribution is 2.37. The van der Waals surface area contributed by atoms with Gasteiger partial charge in [0.15, 0.2) is 6.10 Å². The lowest BCUT2D eigenvalue weighted by molar-refractivity contribution is -0.210.